The fraction of sp³-hybridized carbons (Fsp3) is 0.562. The van der Waals surface area contributed by atoms with Gasteiger partial charge in [-0.3, -0.25) is 4.79 Å². The molecule has 1 aromatic carbocycles. The predicted octanol–water partition coefficient (Wildman–Crippen LogP) is 2.64. The van der Waals surface area contributed by atoms with Gasteiger partial charge >= 0.3 is 0 Å². The van der Waals surface area contributed by atoms with E-state index in [2.05, 4.69) is 5.32 Å². The van der Waals surface area contributed by atoms with Crippen molar-refractivity contribution in [3.8, 4) is 0 Å². The van der Waals surface area contributed by atoms with E-state index in [0.29, 0.717) is 19.0 Å². The van der Waals surface area contributed by atoms with Crippen LogP contribution in [0.5, 0.6) is 0 Å². The first-order chi connectivity index (χ1) is 9.74. The highest BCUT2D eigenvalue weighted by atomic mass is 19.1. The lowest BCUT2D eigenvalue weighted by molar-refractivity contribution is -0.118. The average molecular weight is 276 g/mol. The molecule has 1 N–H and O–H groups in total. The Hall–Kier alpha value is -1.42. The Morgan fingerprint density at radius 1 is 1.35 bits per heavy atom. The molecule has 108 valence electrons. The molecule has 1 fully saturated rings. The molecule has 0 aliphatic carbocycles. The second-order valence-electron chi connectivity index (χ2n) is 5.75. The van der Waals surface area contributed by atoms with E-state index in [9.17, 15) is 9.18 Å². The molecule has 2 aliphatic heterocycles. The zero-order valence-electron chi connectivity index (χ0n) is 11.7. The lowest BCUT2D eigenvalue weighted by atomic mass is 10.0. The van der Waals surface area contributed by atoms with Crippen molar-refractivity contribution < 1.29 is 9.18 Å². The highest BCUT2D eigenvalue weighted by Crippen LogP contribution is 2.29. The number of fused-ring (bicyclic) bond motifs is 1. The number of amides is 1. The molecule has 3 nitrogen and oxygen atoms in total. The van der Waals surface area contributed by atoms with E-state index in [1.807, 2.05) is 6.07 Å². The Morgan fingerprint density at radius 2 is 2.25 bits per heavy atom. The fourth-order valence-corrected chi connectivity index (χ4v) is 3.25. The number of hydrogen-bond acceptors (Lipinski definition) is 2. The quantitative estimate of drug-likeness (QED) is 0.917. The Bertz CT molecular complexity index is 497. The van der Waals surface area contributed by atoms with Crippen molar-refractivity contribution >= 4 is 11.6 Å². The summed E-state index contributed by atoms with van der Waals surface area (Å²) >= 11 is 0. The van der Waals surface area contributed by atoms with Crippen LogP contribution in [0.25, 0.3) is 0 Å². The van der Waals surface area contributed by atoms with E-state index in [-0.39, 0.29) is 11.7 Å². The SMILES string of the molecule is O=C1CCc2ccc(F)cc2N1CCCC1CCCN1. The molecule has 0 spiro atoms. The first kappa shape index (κ1) is 13.6. The molecule has 0 bridgehead atoms. The number of hydrogen-bond donors (Lipinski definition) is 1. The molecule has 2 aliphatic rings. The van der Waals surface area contributed by atoms with Gasteiger partial charge in [0.15, 0.2) is 0 Å². The highest BCUT2D eigenvalue weighted by molar-refractivity contribution is 5.96. The van der Waals surface area contributed by atoms with Crippen molar-refractivity contribution in [1.29, 1.82) is 0 Å². The van der Waals surface area contributed by atoms with Crippen LogP contribution in [0.1, 0.15) is 37.7 Å². The lowest BCUT2D eigenvalue weighted by Gasteiger charge is -2.29. The third-order valence-corrected chi connectivity index (χ3v) is 4.34. The molecule has 1 aromatic rings. The summed E-state index contributed by atoms with van der Waals surface area (Å²) in [7, 11) is 0. The summed E-state index contributed by atoms with van der Waals surface area (Å²) in [6, 6.07) is 5.39. The third kappa shape index (κ3) is 2.85. The van der Waals surface area contributed by atoms with Crippen LogP contribution in [0.3, 0.4) is 0 Å². The van der Waals surface area contributed by atoms with Crippen molar-refractivity contribution in [2.45, 2.75) is 44.6 Å². The molecule has 1 amide bonds. The van der Waals surface area contributed by atoms with Crippen molar-refractivity contribution in [2.75, 3.05) is 18.0 Å². The van der Waals surface area contributed by atoms with Gasteiger partial charge in [-0.05, 0) is 56.3 Å². The number of nitrogens with zero attached hydrogens (tertiary/aromatic N) is 1. The van der Waals surface area contributed by atoms with Crippen LogP contribution in [0, 0.1) is 5.82 Å². The number of nitrogens with one attached hydrogen (secondary N) is 1. The van der Waals surface area contributed by atoms with Crippen LogP contribution in [-0.4, -0.2) is 25.0 Å². The maximum absolute atomic E-state index is 13.4. The number of benzene rings is 1. The maximum Gasteiger partial charge on any atom is 0.227 e. The van der Waals surface area contributed by atoms with Crippen LogP contribution in [0.4, 0.5) is 10.1 Å². The van der Waals surface area contributed by atoms with E-state index < -0.39 is 0 Å². The summed E-state index contributed by atoms with van der Waals surface area (Å²) in [4.78, 5) is 13.9. The summed E-state index contributed by atoms with van der Waals surface area (Å²) in [6.07, 6.45) is 5.82. The molecule has 20 heavy (non-hydrogen) atoms. The van der Waals surface area contributed by atoms with Gasteiger partial charge in [0.2, 0.25) is 5.91 Å². The van der Waals surface area contributed by atoms with Gasteiger partial charge in [0.05, 0.1) is 0 Å². The zero-order valence-corrected chi connectivity index (χ0v) is 11.7. The van der Waals surface area contributed by atoms with Crippen LogP contribution < -0.4 is 10.2 Å². The number of aryl methyl sites for hydroxylation is 1. The Morgan fingerprint density at radius 3 is 3.05 bits per heavy atom. The van der Waals surface area contributed by atoms with E-state index in [0.717, 1.165) is 37.1 Å². The standard InChI is InChI=1S/C16H21FN2O/c17-13-7-5-12-6-8-16(20)19(15(12)11-13)10-2-4-14-3-1-9-18-14/h5,7,11,14,18H,1-4,6,8-10H2. The van der Waals surface area contributed by atoms with Gasteiger partial charge in [-0.15, -0.1) is 0 Å². The van der Waals surface area contributed by atoms with Crippen LogP contribution in [0.15, 0.2) is 18.2 Å². The molecule has 4 heteroatoms. The van der Waals surface area contributed by atoms with Crippen LogP contribution in [-0.2, 0) is 11.2 Å². The summed E-state index contributed by atoms with van der Waals surface area (Å²) in [5, 5.41) is 3.47. The van der Waals surface area contributed by atoms with Gasteiger partial charge in [0, 0.05) is 24.7 Å². The molecule has 0 radical (unpaired) electrons. The molecule has 1 atom stereocenters. The maximum atomic E-state index is 13.4. The van der Waals surface area contributed by atoms with Gasteiger partial charge in [0.25, 0.3) is 0 Å². The number of carbonyl (C=O) groups excluding carboxylic acids is 1. The van der Waals surface area contributed by atoms with Crippen LogP contribution >= 0.6 is 0 Å². The largest absolute Gasteiger partial charge is 0.314 e. The molecular weight excluding hydrogens is 255 g/mol. The van der Waals surface area contributed by atoms with Gasteiger partial charge in [-0.25, -0.2) is 4.39 Å². The Balaban J connectivity index is 1.65. The first-order valence-corrected chi connectivity index (χ1v) is 7.56. The molecule has 2 heterocycles. The minimum atomic E-state index is -0.263. The lowest BCUT2D eigenvalue weighted by Crippen LogP contribution is -2.36. The normalized spacial score (nSPS) is 22.1. The number of carbonyl (C=O) groups is 1. The summed E-state index contributed by atoms with van der Waals surface area (Å²) < 4.78 is 13.4. The molecular formula is C16H21FN2O. The minimum Gasteiger partial charge on any atom is -0.314 e. The van der Waals surface area contributed by atoms with E-state index >= 15 is 0 Å². The minimum absolute atomic E-state index is 0.127. The molecule has 1 unspecified atom stereocenters. The van der Waals surface area contributed by atoms with E-state index in [4.69, 9.17) is 0 Å². The second kappa shape index (κ2) is 5.92. The molecule has 0 saturated carbocycles. The van der Waals surface area contributed by atoms with Gasteiger partial charge in [-0.1, -0.05) is 6.07 Å². The Kier molecular flexibility index (Phi) is 4.01. The second-order valence-corrected chi connectivity index (χ2v) is 5.75. The predicted molar refractivity (Wildman–Crippen MR) is 77.3 cm³/mol. The van der Waals surface area contributed by atoms with Gasteiger partial charge in [-0.2, -0.15) is 0 Å². The highest BCUT2D eigenvalue weighted by Gasteiger charge is 2.24. The number of rotatable bonds is 4. The summed E-state index contributed by atoms with van der Waals surface area (Å²) in [5.74, 6) is -0.136. The van der Waals surface area contributed by atoms with Crippen molar-refractivity contribution in [3.63, 3.8) is 0 Å². The smallest absolute Gasteiger partial charge is 0.227 e. The van der Waals surface area contributed by atoms with Crippen molar-refractivity contribution in [2.24, 2.45) is 0 Å². The fourth-order valence-electron chi connectivity index (χ4n) is 3.25. The summed E-state index contributed by atoms with van der Waals surface area (Å²) in [6.45, 7) is 1.81. The van der Waals surface area contributed by atoms with Gasteiger partial charge < -0.3 is 10.2 Å². The average Bonchev–Trinajstić information content (AvgIpc) is 2.94. The first-order valence-electron chi connectivity index (χ1n) is 7.56. The zero-order chi connectivity index (χ0) is 13.9. The van der Waals surface area contributed by atoms with Crippen molar-refractivity contribution in [3.05, 3.63) is 29.6 Å². The van der Waals surface area contributed by atoms with Crippen molar-refractivity contribution in [1.82, 2.24) is 5.32 Å². The molecule has 0 aromatic heterocycles. The topological polar surface area (TPSA) is 32.3 Å². The van der Waals surface area contributed by atoms with Crippen LogP contribution in [0.2, 0.25) is 0 Å². The Labute approximate surface area is 119 Å². The number of anilines is 1. The van der Waals surface area contributed by atoms with E-state index in [1.54, 1.807) is 4.90 Å². The number of halogens is 1. The molecule has 1 saturated heterocycles. The van der Waals surface area contributed by atoms with E-state index in [1.165, 1.54) is 25.0 Å². The summed E-state index contributed by atoms with van der Waals surface area (Å²) in [5.41, 5.74) is 1.87. The third-order valence-electron chi connectivity index (χ3n) is 4.34. The molecule has 3 rings (SSSR count). The monoisotopic (exact) mass is 276 g/mol. The van der Waals surface area contributed by atoms with Gasteiger partial charge in [0.1, 0.15) is 5.82 Å².